The van der Waals surface area contributed by atoms with Gasteiger partial charge in [0.25, 0.3) is 0 Å². The molecule has 1 fully saturated rings. The summed E-state index contributed by atoms with van der Waals surface area (Å²) in [5.74, 6) is 0. The van der Waals surface area contributed by atoms with Gasteiger partial charge in [0, 0.05) is 10.9 Å². The van der Waals surface area contributed by atoms with E-state index in [1.54, 1.807) is 11.3 Å². The minimum atomic E-state index is -0.0229. The first kappa shape index (κ1) is 12.4. The van der Waals surface area contributed by atoms with Gasteiger partial charge in [-0.2, -0.15) is 0 Å². The lowest BCUT2D eigenvalue weighted by atomic mass is 10.1. The van der Waals surface area contributed by atoms with Crippen LogP contribution in [0.3, 0.4) is 0 Å². The predicted octanol–water partition coefficient (Wildman–Crippen LogP) is 3.27. The van der Waals surface area contributed by atoms with Gasteiger partial charge in [0.05, 0.1) is 6.54 Å². The van der Waals surface area contributed by atoms with E-state index in [0.29, 0.717) is 12.6 Å². The molecule has 3 nitrogen and oxygen atoms in total. The van der Waals surface area contributed by atoms with Crippen molar-refractivity contribution in [2.45, 2.75) is 51.1 Å². The summed E-state index contributed by atoms with van der Waals surface area (Å²) in [4.78, 5) is 12.9. The van der Waals surface area contributed by atoms with Crippen LogP contribution in [0.25, 0.3) is 0 Å². The summed E-state index contributed by atoms with van der Waals surface area (Å²) in [6.07, 6.45) is 7.38. The van der Waals surface area contributed by atoms with Gasteiger partial charge in [-0.3, -0.25) is 0 Å². The maximum absolute atomic E-state index is 11.7. The molecule has 0 spiro atoms. The van der Waals surface area contributed by atoms with Crippen molar-refractivity contribution in [3.8, 4) is 0 Å². The first-order valence-corrected chi connectivity index (χ1v) is 7.29. The van der Waals surface area contributed by atoms with Crippen LogP contribution in [-0.4, -0.2) is 12.1 Å². The van der Waals surface area contributed by atoms with E-state index in [0.717, 1.165) is 12.8 Å². The molecule has 1 saturated carbocycles. The van der Waals surface area contributed by atoms with E-state index in [2.05, 4.69) is 10.6 Å². The summed E-state index contributed by atoms with van der Waals surface area (Å²) >= 11 is 1.67. The predicted molar refractivity (Wildman–Crippen MR) is 71.2 cm³/mol. The minimum Gasteiger partial charge on any atom is -0.335 e. The van der Waals surface area contributed by atoms with Crippen LogP contribution < -0.4 is 10.6 Å². The summed E-state index contributed by atoms with van der Waals surface area (Å²) in [6, 6.07) is 4.40. The van der Waals surface area contributed by atoms with Gasteiger partial charge < -0.3 is 10.6 Å². The molecule has 0 aromatic carbocycles. The van der Waals surface area contributed by atoms with E-state index in [9.17, 15) is 4.79 Å². The van der Waals surface area contributed by atoms with Crippen molar-refractivity contribution in [2.75, 3.05) is 0 Å². The lowest BCUT2D eigenvalue weighted by Gasteiger charge is -2.16. The number of hydrogen-bond acceptors (Lipinski definition) is 2. The second kappa shape index (κ2) is 6.64. The number of urea groups is 1. The second-order valence-corrected chi connectivity index (χ2v) is 5.63. The Labute approximate surface area is 107 Å². The Hall–Kier alpha value is -1.03. The van der Waals surface area contributed by atoms with E-state index in [1.807, 2.05) is 17.5 Å². The van der Waals surface area contributed by atoms with Gasteiger partial charge in [-0.25, -0.2) is 4.79 Å². The van der Waals surface area contributed by atoms with Crippen LogP contribution in [0.1, 0.15) is 43.4 Å². The van der Waals surface area contributed by atoms with Crippen LogP contribution in [0, 0.1) is 0 Å². The number of carbonyl (C=O) groups excluding carboxylic acids is 1. The molecule has 4 heteroatoms. The van der Waals surface area contributed by atoms with Crippen LogP contribution in [0.4, 0.5) is 4.79 Å². The molecule has 1 aromatic rings. The van der Waals surface area contributed by atoms with Crippen LogP contribution in [0.15, 0.2) is 17.5 Å². The van der Waals surface area contributed by atoms with E-state index in [4.69, 9.17) is 0 Å². The molecule has 0 bridgehead atoms. The fourth-order valence-corrected chi connectivity index (χ4v) is 2.89. The first-order chi connectivity index (χ1) is 8.34. The van der Waals surface area contributed by atoms with Crippen LogP contribution >= 0.6 is 11.3 Å². The molecule has 17 heavy (non-hydrogen) atoms. The van der Waals surface area contributed by atoms with Crippen LogP contribution in [-0.2, 0) is 6.54 Å². The largest absolute Gasteiger partial charge is 0.335 e. The number of hydrogen-bond donors (Lipinski definition) is 2. The molecule has 0 aliphatic heterocycles. The molecule has 0 saturated heterocycles. The normalized spacial score (nSPS) is 17.4. The Kier molecular flexibility index (Phi) is 4.86. The van der Waals surface area contributed by atoms with Crippen LogP contribution in [0.5, 0.6) is 0 Å². The zero-order chi connectivity index (χ0) is 11.9. The number of thiophene rings is 1. The third-order valence-electron chi connectivity index (χ3n) is 3.19. The summed E-state index contributed by atoms with van der Waals surface area (Å²) in [5.41, 5.74) is 0. The molecule has 0 radical (unpaired) electrons. The van der Waals surface area contributed by atoms with Crippen LogP contribution in [0.2, 0.25) is 0 Å². The van der Waals surface area contributed by atoms with Crippen molar-refractivity contribution >= 4 is 17.4 Å². The quantitative estimate of drug-likeness (QED) is 0.796. The van der Waals surface area contributed by atoms with Gasteiger partial charge in [0.2, 0.25) is 0 Å². The number of rotatable bonds is 3. The molecule has 2 rings (SSSR count). The molecule has 1 aliphatic rings. The highest BCUT2D eigenvalue weighted by Crippen LogP contribution is 2.17. The minimum absolute atomic E-state index is 0.0229. The maximum Gasteiger partial charge on any atom is 0.315 e. The van der Waals surface area contributed by atoms with Gasteiger partial charge in [-0.1, -0.05) is 31.7 Å². The molecule has 0 atom stereocenters. The van der Waals surface area contributed by atoms with Gasteiger partial charge >= 0.3 is 6.03 Å². The van der Waals surface area contributed by atoms with E-state index >= 15 is 0 Å². The van der Waals surface area contributed by atoms with E-state index < -0.39 is 0 Å². The molecule has 1 aliphatic carbocycles. The lowest BCUT2D eigenvalue weighted by Crippen LogP contribution is -2.41. The highest BCUT2D eigenvalue weighted by molar-refractivity contribution is 7.09. The molecule has 2 amide bonds. The lowest BCUT2D eigenvalue weighted by molar-refractivity contribution is 0.235. The van der Waals surface area contributed by atoms with E-state index in [-0.39, 0.29) is 6.03 Å². The van der Waals surface area contributed by atoms with Crippen molar-refractivity contribution in [1.82, 2.24) is 10.6 Å². The Bertz CT molecular complexity index is 329. The van der Waals surface area contributed by atoms with Gasteiger partial charge in [0.1, 0.15) is 0 Å². The molecular weight excluding hydrogens is 232 g/mol. The fourth-order valence-electron chi connectivity index (χ4n) is 2.24. The molecule has 2 N–H and O–H groups in total. The van der Waals surface area contributed by atoms with Crippen molar-refractivity contribution in [1.29, 1.82) is 0 Å². The zero-order valence-electron chi connectivity index (χ0n) is 10.1. The standard InChI is InChI=1S/C13H20N2OS/c16-13(14-10-12-8-5-9-17-12)15-11-6-3-1-2-4-7-11/h5,8-9,11H,1-4,6-7,10H2,(H2,14,15,16). The third kappa shape index (κ3) is 4.38. The monoisotopic (exact) mass is 252 g/mol. The molecule has 0 unspecified atom stereocenters. The number of amides is 2. The Morgan fingerprint density at radius 1 is 1.29 bits per heavy atom. The molecule has 1 heterocycles. The highest BCUT2D eigenvalue weighted by atomic mass is 32.1. The summed E-state index contributed by atoms with van der Waals surface area (Å²) < 4.78 is 0. The van der Waals surface area contributed by atoms with Crippen molar-refractivity contribution in [3.63, 3.8) is 0 Å². The maximum atomic E-state index is 11.7. The van der Waals surface area contributed by atoms with Gasteiger partial charge in [-0.15, -0.1) is 11.3 Å². The zero-order valence-corrected chi connectivity index (χ0v) is 10.9. The van der Waals surface area contributed by atoms with E-state index in [1.165, 1.54) is 30.6 Å². The molecule has 94 valence electrons. The first-order valence-electron chi connectivity index (χ1n) is 6.41. The smallest absolute Gasteiger partial charge is 0.315 e. The number of nitrogens with one attached hydrogen (secondary N) is 2. The van der Waals surface area contributed by atoms with Gasteiger partial charge in [0.15, 0.2) is 0 Å². The molecular formula is C13H20N2OS. The average molecular weight is 252 g/mol. The molecule has 1 aromatic heterocycles. The fraction of sp³-hybridized carbons (Fsp3) is 0.615. The van der Waals surface area contributed by atoms with Crippen molar-refractivity contribution in [2.24, 2.45) is 0 Å². The summed E-state index contributed by atoms with van der Waals surface area (Å²) in [5, 5.41) is 8.02. The Morgan fingerprint density at radius 2 is 2.06 bits per heavy atom. The Balaban J connectivity index is 1.69. The average Bonchev–Trinajstić information content (AvgIpc) is 2.72. The summed E-state index contributed by atoms with van der Waals surface area (Å²) in [6.45, 7) is 0.635. The number of carbonyl (C=O) groups is 1. The van der Waals surface area contributed by atoms with Gasteiger partial charge in [-0.05, 0) is 24.3 Å². The second-order valence-electron chi connectivity index (χ2n) is 4.59. The third-order valence-corrected chi connectivity index (χ3v) is 4.07. The topological polar surface area (TPSA) is 41.1 Å². The SMILES string of the molecule is O=C(NCc1cccs1)NC1CCCCCC1. The van der Waals surface area contributed by atoms with Crippen molar-refractivity contribution in [3.05, 3.63) is 22.4 Å². The Morgan fingerprint density at radius 3 is 2.71 bits per heavy atom. The highest BCUT2D eigenvalue weighted by Gasteiger charge is 2.14. The van der Waals surface area contributed by atoms with Crippen molar-refractivity contribution < 1.29 is 4.79 Å². The summed E-state index contributed by atoms with van der Waals surface area (Å²) in [7, 11) is 0.